The Bertz CT molecular complexity index is 1160. The first-order valence-corrected chi connectivity index (χ1v) is 10.3. The van der Waals surface area contributed by atoms with Crippen molar-refractivity contribution >= 4 is 20.9 Å². The number of hydrogen-bond donors (Lipinski definition) is 1. The molecule has 2 heterocycles. The molecule has 0 saturated heterocycles. The number of ether oxygens (including phenoxy) is 2. The zero-order chi connectivity index (χ0) is 20.1. The van der Waals surface area contributed by atoms with Crippen molar-refractivity contribution in [2.75, 3.05) is 20.8 Å². The van der Waals surface area contributed by atoms with E-state index in [2.05, 4.69) is 4.98 Å². The summed E-state index contributed by atoms with van der Waals surface area (Å²) < 4.78 is 52.8. The highest BCUT2D eigenvalue weighted by Gasteiger charge is 2.37. The van der Waals surface area contributed by atoms with Gasteiger partial charge in [-0.05, 0) is 25.0 Å². The van der Waals surface area contributed by atoms with Crippen LogP contribution in [-0.4, -0.2) is 38.5 Å². The number of hydrogen-bond acceptors (Lipinski definition) is 4. The summed E-state index contributed by atoms with van der Waals surface area (Å²) in [5.41, 5.74) is 2.93. The third kappa shape index (κ3) is 2.75. The molecule has 2 aromatic carbocycles. The van der Waals surface area contributed by atoms with E-state index in [1.165, 1.54) is 24.6 Å². The van der Waals surface area contributed by atoms with Crippen LogP contribution in [0.15, 0.2) is 41.3 Å². The summed E-state index contributed by atoms with van der Waals surface area (Å²) in [6.45, 7) is 2.08. The van der Waals surface area contributed by atoms with Gasteiger partial charge in [-0.25, -0.2) is 12.8 Å². The molecular formula is C20H21FN2O4S. The normalized spacial score (nSPS) is 17.5. The molecule has 1 aliphatic rings. The maximum atomic E-state index is 14.6. The Morgan fingerprint density at radius 3 is 2.54 bits per heavy atom. The van der Waals surface area contributed by atoms with Crippen molar-refractivity contribution in [2.24, 2.45) is 0 Å². The Balaban J connectivity index is 1.79. The maximum Gasteiger partial charge on any atom is 0.246 e. The molecule has 1 aliphatic heterocycles. The number of rotatable bonds is 4. The quantitative estimate of drug-likeness (QED) is 0.721. The smallest absolute Gasteiger partial charge is 0.246 e. The summed E-state index contributed by atoms with van der Waals surface area (Å²) in [6, 6.07) is 9.65. The Kier molecular flexibility index (Phi) is 4.55. The number of aromatic amines is 1. The van der Waals surface area contributed by atoms with Gasteiger partial charge in [0.15, 0.2) is 11.5 Å². The van der Waals surface area contributed by atoms with E-state index in [4.69, 9.17) is 9.47 Å². The molecule has 148 valence electrons. The first kappa shape index (κ1) is 18.8. The van der Waals surface area contributed by atoms with Crippen molar-refractivity contribution in [3.63, 3.8) is 0 Å². The number of nitrogens with one attached hydrogen (secondary N) is 1. The number of sulfonamides is 1. The number of H-pyrrole nitrogens is 1. The van der Waals surface area contributed by atoms with Gasteiger partial charge >= 0.3 is 0 Å². The summed E-state index contributed by atoms with van der Waals surface area (Å²) in [7, 11) is -1.32. The van der Waals surface area contributed by atoms with Crippen molar-refractivity contribution in [1.82, 2.24) is 9.29 Å². The Labute approximate surface area is 162 Å². The van der Waals surface area contributed by atoms with Crippen molar-refractivity contribution < 1.29 is 22.3 Å². The second-order valence-corrected chi connectivity index (χ2v) is 8.60. The topological polar surface area (TPSA) is 71.6 Å². The van der Waals surface area contributed by atoms with Crippen molar-refractivity contribution in [2.45, 2.75) is 24.3 Å². The number of para-hydroxylation sites is 1. The minimum absolute atomic E-state index is 0.142. The number of nitrogens with zero attached hydrogens (tertiary/aromatic N) is 1. The fourth-order valence-electron chi connectivity index (χ4n) is 3.89. The summed E-state index contributed by atoms with van der Waals surface area (Å²) in [5.74, 6) is -0.561. The summed E-state index contributed by atoms with van der Waals surface area (Å²) in [5, 5.41) is 1.10. The largest absolute Gasteiger partial charge is 0.493 e. The van der Waals surface area contributed by atoms with Crippen LogP contribution in [0.4, 0.5) is 4.39 Å². The third-order valence-electron chi connectivity index (χ3n) is 5.30. The van der Waals surface area contributed by atoms with Crippen molar-refractivity contribution in [3.8, 4) is 11.5 Å². The SMILES string of the molecule is COc1cc(F)c(S(=O)(=O)N2CCc3c([nH]c4ccccc34)[C@@H]2C)cc1OC. The standard InChI is InChI=1S/C20H21FN2O4S/c1-12-20-14(13-6-4-5-7-16(13)22-20)8-9-23(12)28(24,25)19-11-18(27-3)17(26-2)10-15(19)21/h4-7,10-12,22H,8-9H2,1-3H3/t12-/m0/s1. The molecule has 1 aromatic heterocycles. The molecule has 8 heteroatoms. The van der Waals surface area contributed by atoms with Crippen LogP contribution >= 0.6 is 0 Å². The van der Waals surface area contributed by atoms with E-state index in [0.717, 1.165) is 28.2 Å². The third-order valence-corrected chi connectivity index (χ3v) is 7.29. The van der Waals surface area contributed by atoms with Gasteiger partial charge in [0.1, 0.15) is 10.7 Å². The average molecular weight is 404 g/mol. The molecule has 6 nitrogen and oxygen atoms in total. The Morgan fingerprint density at radius 2 is 1.82 bits per heavy atom. The Morgan fingerprint density at radius 1 is 1.14 bits per heavy atom. The second kappa shape index (κ2) is 6.79. The molecule has 0 saturated carbocycles. The first-order valence-electron chi connectivity index (χ1n) is 8.91. The van der Waals surface area contributed by atoms with E-state index < -0.39 is 26.8 Å². The monoisotopic (exact) mass is 404 g/mol. The van der Waals surface area contributed by atoms with E-state index in [0.29, 0.717) is 6.42 Å². The van der Waals surface area contributed by atoms with Crippen LogP contribution in [-0.2, 0) is 16.4 Å². The fraction of sp³-hybridized carbons (Fsp3) is 0.300. The van der Waals surface area contributed by atoms with E-state index >= 15 is 0 Å². The van der Waals surface area contributed by atoms with Gasteiger partial charge in [0.25, 0.3) is 0 Å². The van der Waals surface area contributed by atoms with Gasteiger partial charge in [0, 0.05) is 35.3 Å². The predicted molar refractivity (Wildman–Crippen MR) is 104 cm³/mol. The van der Waals surface area contributed by atoms with Crippen LogP contribution in [0.2, 0.25) is 0 Å². The van der Waals surface area contributed by atoms with Crippen molar-refractivity contribution in [1.29, 1.82) is 0 Å². The Hall–Kier alpha value is -2.58. The molecule has 1 N–H and O–H groups in total. The highest BCUT2D eigenvalue weighted by molar-refractivity contribution is 7.89. The molecule has 0 unspecified atom stereocenters. The van der Waals surface area contributed by atoms with Gasteiger partial charge in [-0.3, -0.25) is 0 Å². The molecule has 0 fully saturated rings. The molecule has 0 spiro atoms. The van der Waals surface area contributed by atoms with Gasteiger partial charge in [0.05, 0.1) is 20.3 Å². The van der Waals surface area contributed by atoms with E-state index in [1.807, 2.05) is 31.2 Å². The van der Waals surface area contributed by atoms with E-state index in [9.17, 15) is 12.8 Å². The summed E-state index contributed by atoms with van der Waals surface area (Å²) in [6.07, 6.45) is 0.553. The molecule has 0 amide bonds. The minimum atomic E-state index is -4.08. The van der Waals surface area contributed by atoms with Gasteiger partial charge in [0.2, 0.25) is 10.0 Å². The van der Waals surface area contributed by atoms with Gasteiger partial charge in [-0.2, -0.15) is 4.31 Å². The summed E-state index contributed by atoms with van der Waals surface area (Å²) >= 11 is 0. The fourth-order valence-corrected chi connectivity index (χ4v) is 5.56. The number of methoxy groups -OCH3 is 2. The van der Waals surface area contributed by atoms with Crippen LogP contribution in [0.25, 0.3) is 10.9 Å². The number of halogens is 1. The minimum Gasteiger partial charge on any atom is -0.493 e. The maximum absolute atomic E-state index is 14.6. The van der Waals surface area contributed by atoms with Gasteiger partial charge in [-0.15, -0.1) is 0 Å². The van der Waals surface area contributed by atoms with Gasteiger partial charge < -0.3 is 14.5 Å². The number of fused-ring (bicyclic) bond motifs is 3. The highest BCUT2D eigenvalue weighted by atomic mass is 32.2. The lowest BCUT2D eigenvalue weighted by atomic mass is 10.0. The predicted octanol–water partition coefficient (Wildman–Crippen LogP) is 3.63. The number of aromatic nitrogens is 1. The summed E-state index contributed by atoms with van der Waals surface area (Å²) in [4.78, 5) is 2.91. The highest BCUT2D eigenvalue weighted by Crippen LogP contribution is 2.39. The number of benzene rings is 2. The zero-order valence-electron chi connectivity index (χ0n) is 15.8. The molecule has 28 heavy (non-hydrogen) atoms. The zero-order valence-corrected chi connectivity index (χ0v) is 16.6. The van der Waals surface area contributed by atoms with Crippen LogP contribution in [0.1, 0.15) is 24.2 Å². The average Bonchev–Trinajstić information content (AvgIpc) is 3.07. The molecular weight excluding hydrogens is 383 g/mol. The lowest BCUT2D eigenvalue weighted by Crippen LogP contribution is -2.39. The lowest BCUT2D eigenvalue weighted by Gasteiger charge is -2.32. The molecule has 4 rings (SSSR count). The molecule has 0 aliphatic carbocycles. The van der Waals surface area contributed by atoms with Crippen molar-refractivity contribution in [3.05, 3.63) is 53.5 Å². The van der Waals surface area contributed by atoms with Crippen LogP contribution in [0.5, 0.6) is 11.5 Å². The van der Waals surface area contributed by atoms with Gasteiger partial charge in [-0.1, -0.05) is 18.2 Å². The van der Waals surface area contributed by atoms with E-state index in [1.54, 1.807) is 0 Å². The second-order valence-electron chi connectivity index (χ2n) is 6.74. The van der Waals surface area contributed by atoms with Crippen LogP contribution in [0, 0.1) is 5.82 Å². The van der Waals surface area contributed by atoms with E-state index in [-0.39, 0.29) is 18.0 Å². The molecule has 0 bridgehead atoms. The lowest BCUT2D eigenvalue weighted by molar-refractivity contribution is 0.319. The van der Waals surface area contributed by atoms with Crippen LogP contribution < -0.4 is 9.47 Å². The molecule has 1 atom stereocenters. The van der Waals surface area contributed by atoms with Crippen LogP contribution in [0.3, 0.4) is 0 Å². The first-order chi connectivity index (χ1) is 13.4. The molecule has 3 aromatic rings. The molecule has 0 radical (unpaired) electrons.